The zero-order chi connectivity index (χ0) is 20.4. The topological polar surface area (TPSA) is 78.0 Å². The van der Waals surface area contributed by atoms with Crippen LogP contribution in [0.5, 0.6) is 0 Å². The lowest BCUT2D eigenvalue weighted by molar-refractivity contribution is 0.176. The number of hydrogen-bond donors (Lipinski definition) is 0. The first-order valence-electron chi connectivity index (χ1n) is 10.1. The van der Waals surface area contributed by atoms with Crippen LogP contribution in [0.1, 0.15) is 39.0 Å². The molecule has 0 unspecified atom stereocenters. The molecule has 2 aliphatic heterocycles. The lowest BCUT2D eigenvalue weighted by Gasteiger charge is -2.35. The van der Waals surface area contributed by atoms with Crippen molar-refractivity contribution in [2.24, 2.45) is 0 Å². The Labute approximate surface area is 169 Å². The van der Waals surface area contributed by atoms with Gasteiger partial charge in [0.15, 0.2) is 0 Å². The molecule has 0 bridgehead atoms. The molecule has 0 amide bonds. The molecule has 2 heterocycles. The summed E-state index contributed by atoms with van der Waals surface area (Å²) in [5, 5.41) is 0. The van der Waals surface area contributed by atoms with Crippen molar-refractivity contribution in [3.8, 4) is 0 Å². The summed E-state index contributed by atoms with van der Waals surface area (Å²) in [6.07, 6.45) is 4.41. The molecule has 7 nitrogen and oxygen atoms in total. The Morgan fingerprint density at radius 1 is 0.893 bits per heavy atom. The van der Waals surface area contributed by atoms with Crippen LogP contribution in [-0.2, 0) is 20.0 Å². The lowest BCUT2D eigenvalue weighted by Crippen LogP contribution is -2.45. The summed E-state index contributed by atoms with van der Waals surface area (Å²) in [6, 6.07) is 5.66. The van der Waals surface area contributed by atoms with Gasteiger partial charge in [-0.3, -0.25) is 0 Å². The quantitative estimate of drug-likeness (QED) is 0.691. The minimum Gasteiger partial charge on any atom is -0.303 e. The van der Waals surface area contributed by atoms with Crippen molar-refractivity contribution in [3.63, 3.8) is 0 Å². The minimum atomic E-state index is -3.64. The van der Waals surface area contributed by atoms with E-state index in [0.29, 0.717) is 13.1 Å². The van der Waals surface area contributed by atoms with Gasteiger partial charge in [0.1, 0.15) is 0 Å². The Hall–Kier alpha value is -1.00. The van der Waals surface area contributed by atoms with Gasteiger partial charge in [0.25, 0.3) is 0 Å². The predicted molar refractivity (Wildman–Crippen MR) is 109 cm³/mol. The highest BCUT2D eigenvalue weighted by atomic mass is 32.2. The van der Waals surface area contributed by atoms with Crippen molar-refractivity contribution in [2.75, 3.05) is 39.8 Å². The molecule has 2 aliphatic rings. The van der Waals surface area contributed by atoms with E-state index >= 15 is 0 Å². The highest BCUT2D eigenvalue weighted by Crippen LogP contribution is 2.25. The molecule has 0 atom stereocenters. The molecular formula is C19H31N3O4S2. The van der Waals surface area contributed by atoms with Crippen LogP contribution >= 0.6 is 0 Å². The summed E-state index contributed by atoms with van der Waals surface area (Å²) >= 11 is 0. The van der Waals surface area contributed by atoms with Gasteiger partial charge in [-0.25, -0.2) is 16.8 Å². The van der Waals surface area contributed by atoms with E-state index in [2.05, 4.69) is 11.8 Å². The highest BCUT2D eigenvalue weighted by Gasteiger charge is 2.31. The molecule has 9 heteroatoms. The van der Waals surface area contributed by atoms with Crippen molar-refractivity contribution in [1.82, 2.24) is 13.5 Å². The number of hydrogen-bond acceptors (Lipinski definition) is 5. The Balaban J connectivity index is 1.74. The fraction of sp³-hybridized carbons (Fsp3) is 0.684. The van der Waals surface area contributed by atoms with Crippen molar-refractivity contribution in [3.05, 3.63) is 24.3 Å². The summed E-state index contributed by atoms with van der Waals surface area (Å²) in [5.41, 5.74) is 0. The van der Waals surface area contributed by atoms with E-state index in [0.717, 1.165) is 51.7 Å². The Morgan fingerprint density at radius 3 is 1.96 bits per heavy atom. The predicted octanol–water partition coefficient (Wildman–Crippen LogP) is 1.97. The van der Waals surface area contributed by atoms with Gasteiger partial charge in [0.05, 0.1) is 9.79 Å². The Morgan fingerprint density at radius 2 is 1.43 bits per heavy atom. The van der Waals surface area contributed by atoms with E-state index < -0.39 is 20.0 Å². The van der Waals surface area contributed by atoms with E-state index in [1.54, 1.807) is 7.05 Å². The molecule has 0 radical (unpaired) electrons. The third-order valence-corrected chi connectivity index (χ3v) is 9.81. The first kappa shape index (κ1) is 21.7. The zero-order valence-electron chi connectivity index (χ0n) is 16.7. The molecule has 0 spiro atoms. The van der Waals surface area contributed by atoms with E-state index in [1.807, 2.05) is 0 Å². The minimum absolute atomic E-state index is 0.0236. The van der Waals surface area contributed by atoms with Crippen LogP contribution in [0.15, 0.2) is 34.1 Å². The van der Waals surface area contributed by atoms with Crippen molar-refractivity contribution < 1.29 is 16.8 Å². The van der Waals surface area contributed by atoms with Gasteiger partial charge < -0.3 is 4.90 Å². The Kier molecular flexibility index (Phi) is 6.81. The summed E-state index contributed by atoms with van der Waals surface area (Å²) in [4.78, 5) is 2.62. The second-order valence-corrected chi connectivity index (χ2v) is 11.6. The molecular weight excluding hydrogens is 398 g/mol. The second-order valence-electron chi connectivity index (χ2n) is 7.62. The van der Waals surface area contributed by atoms with Gasteiger partial charge in [0.2, 0.25) is 20.0 Å². The van der Waals surface area contributed by atoms with Gasteiger partial charge in [-0.05, 0) is 69.6 Å². The molecule has 2 fully saturated rings. The molecule has 0 saturated carbocycles. The van der Waals surface area contributed by atoms with Gasteiger partial charge in [-0.2, -0.15) is 8.61 Å². The lowest BCUT2D eigenvalue weighted by atomic mass is 10.1. The normalized spacial score (nSPS) is 21.2. The van der Waals surface area contributed by atoms with Gasteiger partial charge in [0, 0.05) is 26.2 Å². The van der Waals surface area contributed by atoms with Crippen LogP contribution in [0, 0.1) is 0 Å². The van der Waals surface area contributed by atoms with Crippen molar-refractivity contribution in [2.45, 2.75) is 54.9 Å². The molecule has 1 aromatic carbocycles. The number of sulfonamides is 2. The number of likely N-dealkylation sites (tertiary alicyclic amines) is 1. The van der Waals surface area contributed by atoms with Gasteiger partial charge in [-0.15, -0.1) is 0 Å². The Bertz CT molecular complexity index is 855. The number of piperidine rings is 2. The standard InChI is InChI=1S/C19H31N3O4S2/c1-3-21-15-11-17(12-16-21)20(2)27(23,24)18-7-9-19(10-8-18)28(25,26)22-13-5-4-6-14-22/h7-10,17H,3-6,11-16H2,1-2H3. The van der Waals surface area contributed by atoms with E-state index in [4.69, 9.17) is 0 Å². The fourth-order valence-corrected chi connectivity index (χ4v) is 6.93. The molecule has 2 saturated heterocycles. The molecule has 28 heavy (non-hydrogen) atoms. The molecule has 1 aromatic rings. The third kappa shape index (κ3) is 4.43. The van der Waals surface area contributed by atoms with Gasteiger partial charge in [-0.1, -0.05) is 13.3 Å². The van der Waals surface area contributed by atoms with E-state index in [1.165, 1.54) is 32.9 Å². The van der Waals surface area contributed by atoms with Crippen LogP contribution in [0.4, 0.5) is 0 Å². The first-order chi connectivity index (χ1) is 13.3. The number of nitrogens with zero attached hydrogens (tertiary/aromatic N) is 3. The summed E-state index contributed by atoms with van der Waals surface area (Å²) in [5.74, 6) is 0. The fourth-order valence-electron chi connectivity index (χ4n) is 4.00. The SMILES string of the molecule is CCN1CCC(N(C)S(=O)(=O)c2ccc(S(=O)(=O)N3CCCCC3)cc2)CC1. The zero-order valence-corrected chi connectivity index (χ0v) is 18.4. The van der Waals surface area contributed by atoms with Crippen LogP contribution in [-0.4, -0.2) is 76.2 Å². The largest absolute Gasteiger partial charge is 0.303 e. The molecule has 0 aromatic heterocycles. The average molecular weight is 430 g/mol. The van der Waals surface area contributed by atoms with Gasteiger partial charge >= 0.3 is 0 Å². The maximum Gasteiger partial charge on any atom is 0.243 e. The second kappa shape index (κ2) is 8.79. The van der Waals surface area contributed by atoms with Crippen molar-refractivity contribution >= 4 is 20.0 Å². The maximum absolute atomic E-state index is 13.0. The monoisotopic (exact) mass is 429 g/mol. The maximum atomic E-state index is 13.0. The van der Waals surface area contributed by atoms with E-state index in [-0.39, 0.29) is 15.8 Å². The number of rotatable bonds is 6. The van der Waals surface area contributed by atoms with Crippen LogP contribution in [0.25, 0.3) is 0 Å². The molecule has 0 N–H and O–H groups in total. The summed E-state index contributed by atoms with van der Waals surface area (Å²) in [6.45, 7) is 5.95. The number of benzene rings is 1. The van der Waals surface area contributed by atoms with Crippen LogP contribution in [0.3, 0.4) is 0 Å². The molecule has 3 rings (SSSR count). The average Bonchev–Trinajstić information content (AvgIpc) is 2.74. The molecule has 158 valence electrons. The van der Waals surface area contributed by atoms with E-state index in [9.17, 15) is 16.8 Å². The summed E-state index contributed by atoms with van der Waals surface area (Å²) in [7, 11) is -5.57. The summed E-state index contributed by atoms with van der Waals surface area (Å²) < 4.78 is 54.4. The molecule has 0 aliphatic carbocycles. The van der Waals surface area contributed by atoms with Crippen molar-refractivity contribution in [1.29, 1.82) is 0 Å². The van der Waals surface area contributed by atoms with Crippen LogP contribution < -0.4 is 0 Å². The smallest absolute Gasteiger partial charge is 0.243 e. The third-order valence-electron chi connectivity index (χ3n) is 5.97. The highest BCUT2D eigenvalue weighted by molar-refractivity contribution is 7.89. The first-order valence-corrected chi connectivity index (χ1v) is 13.0. The van der Waals surface area contributed by atoms with Crippen LogP contribution in [0.2, 0.25) is 0 Å².